The maximum Gasteiger partial charge on any atom is 0.0541 e. The lowest BCUT2D eigenvalue weighted by Gasteiger charge is -1.88. The molecule has 0 aromatic carbocycles. The molecule has 34 valence electrons. The SMILES string of the molecule is [3H]C=C(C)C(C)=C[3H]. The van der Waals surface area contributed by atoms with Crippen LogP contribution in [0.5, 0.6) is 0 Å². The van der Waals surface area contributed by atoms with Crippen molar-refractivity contribution in [1.29, 1.82) is 0 Å². The van der Waals surface area contributed by atoms with Crippen molar-refractivity contribution in [2.75, 3.05) is 0 Å². The summed E-state index contributed by atoms with van der Waals surface area (Å²) in [5.41, 5.74) is 1.69. The highest BCUT2D eigenvalue weighted by atomic mass is 13.8. The minimum Gasteiger partial charge on any atom is -0.0959 e. The van der Waals surface area contributed by atoms with Crippen LogP contribution < -0.4 is 0 Å². The lowest BCUT2D eigenvalue weighted by atomic mass is 10.2. The normalized spacial score (nSPS) is 19.7. The van der Waals surface area contributed by atoms with Crippen LogP contribution in [-0.4, -0.2) is 0 Å². The Morgan fingerprint density at radius 3 is 1.83 bits per heavy atom. The zero-order chi connectivity index (χ0) is 6.57. The highest BCUT2D eigenvalue weighted by Gasteiger charge is 1.77. The van der Waals surface area contributed by atoms with Crippen molar-refractivity contribution in [1.82, 2.24) is 0 Å². The van der Waals surface area contributed by atoms with Gasteiger partial charge in [-0.25, -0.2) is 0 Å². The zero-order valence-corrected chi connectivity index (χ0v) is 4.15. The molecule has 0 nitrogen and oxygen atoms in total. The molecule has 0 unspecified atom stereocenters. The Morgan fingerprint density at radius 1 is 1.33 bits per heavy atom. The summed E-state index contributed by atoms with van der Waals surface area (Å²) in [5.74, 6) is 0. The third-order valence-electron chi connectivity index (χ3n) is 0.622. The smallest absolute Gasteiger partial charge is 0.0541 e. The molecular formula is C6H10. The molecular weight excluding hydrogens is 72.1 g/mol. The van der Waals surface area contributed by atoms with Gasteiger partial charge >= 0.3 is 0 Å². The van der Waals surface area contributed by atoms with Crippen LogP contribution in [0.1, 0.15) is 16.6 Å². The third kappa shape index (κ3) is 1.77. The molecule has 0 atom stereocenters. The Kier molecular flexibility index (Phi) is 0.789. The van der Waals surface area contributed by atoms with E-state index in [4.69, 9.17) is 2.74 Å². The summed E-state index contributed by atoms with van der Waals surface area (Å²) in [4.78, 5) is 0. The first-order valence-electron chi connectivity index (χ1n) is 2.98. The molecule has 0 saturated heterocycles. The van der Waals surface area contributed by atoms with Crippen molar-refractivity contribution in [3.63, 3.8) is 0 Å². The van der Waals surface area contributed by atoms with Crippen LogP contribution in [0.3, 0.4) is 0 Å². The Bertz CT molecular complexity index is 106. The van der Waals surface area contributed by atoms with E-state index in [2.05, 4.69) is 0 Å². The Balaban J connectivity index is 4.04. The number of rotatable bonds is 1. The zero-order valence-electron chi connectivity index (χ0n) is 6.15. The van der Waals surface area contributed by atoms with Gasteiger partial charge in [-0.05, 0) is 13.8 Å². The first-order chi connectivity index (χ1) is 3.72. The minimum absolute atomic E-state index is 0.847. The second-order valence-corrected chi connectivity index (χ2v) is 1.37. The van der Waals surface area contributed by atoms with E-state index < -0.39 is 0 Å². The van der Waals surface area contributed by atoms with E-state index in [0.717, 1.165) is 11.1 Å². The molecule has 0 N–H and O–H groups in total. The molecule has 0 fully saturated rings. The average molecular weight is 86.2 g/mol. The molecule has 0 amide bonds. The summed E-state index contributed by atoms with van der Waals surface area (Å²) >= 11 is 0. The first kappa shape index (κ1) is 2.62. The summed E-state index contributed by atoms with van der Waals surface area (Å²) in [6.07, 6.45) is 0. The van der Waals surface area contributed by atoms with E-state index in [9.17, 15) is 0 Å². The lowest BCUT2D eigenvalue weighted by Crippen LogP contribution is -1.67. The van der Waals surface area contributed by atoms with Crippen molar-refractivity contribution in [2.24, 2.45) is 0 Å². The summed E-state index contributed by atoms with van der Waals surface area (Å²) in [7, 11) is 0. The summed E-state index contributed by atoms with van der Waals surface area (Å²) in [6.45, 7) is 6.13. The molecule has 0 aromatic rings. The number of hydrogen-bond acceptors (Lipinski definition) is 0. The van der Waals surface area contributed by atoms with E-state index in [1.165, 1.54) is 13.1 Å². The summed E-state index contributed by atoms with van der Waals surface area (Å²) in [6, 6.07) is 0. The van der Waals surface area contributed by atoms with Crippen molar-refractivity contribution < 1.29 is 2.74 Å². The fourth-order valence-corrected chi connectivity index (χ4v) is 0. The molecule has 0 aromatic heterocycles. The van der Waals surface area contributed by atoms with E-state index in [-0.39, 0.29) is 0 Å². The number of hydrogen-bond donors (Lipinski definition) is 0. The molecule has 0 spiro atoms. The number of allylic oxidation sites excluding steroid dienone is 2. The Hall–Kier alpha value is -0.520. The quantitative estimate of drug-likeness (QED) is 0.429. The molecule has 0 rings (SSSR count). The van der Waals surface area contributed by atoms with Crippen LogP contribution in [0, 0.1) is 0 Å². The standard InChI is InChI=1S/C6H10/c1-5(2)6(3)4/h1,3H2,2,4H3/i1T,3T. The van der Waals surface area contributed by atoms with Crippen LogP contribution in [0.2, 0.25) is 0 Å². The van der Waals surface area contributed by atoms with Crippen LogP contribution >= 0.6 is 0 Å². The van der Waals surface area contributed by atoms with Gasteiger partial charge in [0.05, 0.1) is 2.74 Å². The molecule has 0 saturated carbocycles. The molecule has 0 radical (unpaired) electrons. The first-order valence-corrected chi connectivity index (χ1v) is 1.83. The molecule has 6 heavy (non-hydrogen) atoms. The molecule has 0 aliphatic carbocycles. The van der Waals surface area contributed by atoms with Gasteiger partial charge < -0.3 is 0 Å². The maximum atomic E-state index is 6.76. The highest BCUT2D eigenvalue weighted by molar-refractivity contribution is 5.19. The van der Waals surface area contributed by atoms with Crippen molar-refractivity contribution in [3.8, 4) is 0 Å². The lowest BCUT2D eigenvalue weighted by molar-refractivity contribution is 1.39. The van der Waals surface area contributed by atoms with Gasteiger partial charge in [-0.3, -0.25) is 0 Å². The fourth-order valence-electron chi connectivity index (χ4n) is 0. The Morgan fingerprint density at radius 2 is 1.67 bits per heavy atom. The molecule has 0 bridgehead atoms. The summed E-state index contributed by atoms with van der Waals surface area (Å²) in [5, 5.41) is 0. The van der Waals surface area contributed by atoms with Crippen molar-refractivity contribution in [3.05, 3.63) is 24.3 Å². The third-order valence-corrected chi connectivity index (χ3v) is 0.622. The average Bonchev–Trinajstić information content (AvgIpc) is 1.84. The largest absolute Gasteiger partial charge is 0.0959 e. The van der Waals surface area contributed by atoms with Gasteiger partial charge in [-0.1, -0.05) is 24.3 Å². The van der Waals surface area contributed by atoms with E-state index in [1.807, 2.05) is 13.8 Å². The Labute approximate surface area is 42.0 Å². The van der Waals surface area contributed by atoms with Gasteiger partial charge in [0.25, 0.3) is 0 Å². The van der Waals surface area contributed by atoms with Crippen LogP contribution in [-0.2, 0) is 0 Å². The fraction of sp³-hybridized carbons (Fsp3) is 0.333. The van der Waals surface area contributed by atoms with E-state index in [1.54, 1.807) is 0 Å². The van der Waals surface area contributed by atoms with Crippen molar-refractivity contribution in [2.45, 2.75) is 13.8 Å². The molecule has 0 aliphatic rings. The van der Waals surface area contributed by atoms with Gasteiger partial charge in [-0.2, -0.15) is 0 Å². The predicted molar refractivity (Wildman–Crippen MR) is 29.6 cm³/mol. The van der Waals surface area contributed by atoms with Gasteiger partial charge in [-0.15, -0.1) is 0 Å². The van der Waals surface area contributed by atoms with Gasteiger partial charge in [0.15, 0.2) is 0 Å². The van der Waals surface area contributed by atoms with E-state index >= 15 is 0 Å². The van der Waals surface area contributed by atoms with Crippen molar-refractivity contribution >= 4 is 0 Å². The second kappa shape index (κ2) is 1.81. The topological polar surface area (TPSA) is 0 Å². The predicted octanol–water partition coefficient (Wildman–Crippen LogP) is 2.14. The van der Waals surface area contributed by atoms with Crippen LogP contribution in [0.4, 0.5) is 0 Å². The van der Waals surface area contributed by atoms with Gasteiger partial charge in [0.2, 0.25) is 0 Å². The summed E-state index contributed by atoms with van der Waals surface area (Å²) < 4.78 is 13.5. The van der Waals surface area contributed by atoms with Gasteiger partial charge in [0.1, 0.15) is 0 Å². The molecule has 0 heteroatoms. The van der Waals surface area contributed by atoms with Crippen LogP contribution in [0.15, 0.2) is 24.3 Å². The molecule has 0 aliphatic heterocycles. The highest BCUT2D eigenvalue weighted by Crippen LogP contribution is 1.98. The van der Waals surface area contributed by atoms with Gasteiger partial charge in [0, 0.05) is 0 Å². The minimum atomic E-state index is 0.847. The van der Waals surface area contributed by atoms with Crippen LogP contribution in [0.25, 0.3) is 0 Å². The maximum absolute atomic E-state index is 6.76. The second-order valence-electron chi connectivity index (χ2n) is 1.37. The van der Waals surface area contributed by atoms with E-state index in [0.29, 0.717) is 0 Å². The monoisotopic (exact) mass is 86.1 g/mol. The molecule has 0 heterocycles.